The summed E-state index contributed by atoms with van der Waals surface area (Å²) in [6, 6.07) is 29.2. The Labute approximate surface area is 193 Å². The summed E-state index contributed by atoms with van der Waals surface area (Å²) in [5.74, 6) is 0.789. The van der Waals surface area contributed by atoms with Gasteiger partial charge in [0.05, 0.1) is 24.7 Å². The minimum Gasteiger partial charge on any atom is -0.497 e. The largest absolute Gasteiger partial charge is 0.497 e. The van der Waals surface area contributed by atoms with E-state index in [9.17, 15) is 0 Å². The third kappa shape index (κ3) is 6.04. The molecule has 6 heteroatoms. The number of pyridine rings is 1. The highest BCUT2D eigenvalue weighted by Gasteiger charge is 2.08. The van der Waals surface area contributed by atoms with E-state index < -0.39 is 0 Å². The van der Waals surface area contributed by atoms with Crippen molar-refractivity contribution in [2.24, 2.45) is 27.5 Å². The number of aryl methyl sites for hydroxylation is 1. The average molecular weight is 435 g/mol. The third-order valence-electron chi connectivity index (χ3n) is 4.91. The maximum atomic E-state index is 5.15. The normalized spacial score (nSPS) is 11.9. The number of rotatable bonds is 7. The fourth-order valence-electron chi connectivity index (χ4n) is 3.08. The van der Waals surface area contributed by atoms with E-state index in [0.29, 0.717) is 0 Å². The van der Waals surface area contributed by atoms with E-state index in [2.05, 4.69) is 20.4 Å². The molecular formula is C27H24N5O+. The fraction of sp³-hybridized carbons (Fsp3) is 0.0741. The molecule has 0 saturated carbocycles. The molecule has 1 heterocycles. The van der Waals surface area contributed by atoms with Gasteiger partial charge in [-0.05, 0) is 42.0 Å². The Kier molecular flexibility index (Phi) is 7.08. The van der Waals surface area contributed by atoms with Crippen molar-refractivity contribution in [3.8, 4) is 5.75 Å². The van der Waals surface area contributed by atoms with Crippen LogP contribution in [0.5, 0.6) is 5.75 Å². The van der Waals surface area contributed by atoms with Crippen molar-refractivity contribution in [3.63, 3.8) is 0 Å². The van der Waals surface area contributed by atoms with Crippen molar-refractivity contribution in [2.75, 3.05) is 7.11 Å². The van der Waals surface area contributed by atoms with Crippen LogP contribution < -0.4 is 9.30 Å². The SMILES string of the molecule is COc1ccc(/N=N/c2ccc(/C=N/N=C(/c3ccccc3)c3cc[n+](C)cc3)cc2)cc1. The van der Waals surface area contributed by atoms with Crippen LogP contribution in [0, 0.1) is 0 Å². The molecule has 0 atom stereocenters. The molecule has 162 valence electrons. The zero-order valence-electron chi connectivity index (χ0n) is 18.5. The monoisotopic (exact) mass is 434 g/mol. The topological polar surface area (TPSA) is 62.6 Å². The van der Waals surface area contributed by atoms with Gasteiger partial charge in [-0.2, -0.15) is 15.3 Å². The quantitative estimate of drug-likeness (QED) is 0.157. The van der Waals surface area contributed by atoms with Gasteiger partial charge < -0.3 is 4.74 Å². The van der Waals surface area contributed by atoms with E-state index in [1.54, 1.807) is 13.3 Å². The van der Waals surface area contributed by atoms with Gasteiger partial charge in [0.25, 0.3) is 0 Å². The fourth-order valence-corrected chi connectivity index (χ4v) is 3.08. The zero-order valence-corrected chi connectivity index (χ0v) is 18.5. The van der Waals surface area contributed by atoms with Crippen LogP contribution in [0.3, 0.4) is 0 Å². The van der Waals surface area contributed by atoms with E-state index >= 15 is 0 Å². The first-order chi connectivity index (χ1) is 16.2. The molecule has 33 heavy (non-hydrogen) atoms. The van der Waals surface area contributed by atoms with Crippen LogP contribution in [-0.2, 0) is 7.05 Å². The molecule has 3 aromatic carbocycles. The summed E-state index contributed by atoms with van der Waals surface area (Å²) >= 11 is 0. The Hall–Kier alpha value is -4.45. The second-order valence-electron chi connectivity index (χ2n) is 7.30. The minimum absolute atomic E-state index is 0.758. The van der Waals surface area contributed by atoms with Crippen LogP contribution in [0.15, 0.2) is 124 Å². The minimum atomic E-state index is 0.758. The van der Waals surface area contributed by atoms with Crippen molar-refractivity contribution in [1.29, 1.82) is 0 Å². The molecule has 0 bridgehead atoms. The first-order valence-electron chi connectivity index (χ1n) is 10.5. The van der Waals surface area contributed by atoms with E-state index in [4.69, 9.17) is 4.74 Å². The number of azo groups is 1. The molecule has 1 aromatic heterocycles. The summed E-state index contributed by atoms with van der Waals surface area (Å²) in [5.41, 5.74) is 5.28. The number of aromatic nitrogens is 1. The summed E-state index contributed by atoms with van der Waals surface area (Å²) in [6.45, 7) is 0. The molecule has 0 aliphatic carbocycles. The third-order valence-corrected chi connectivity index (χ3v) is 4.91. The van der Waals surface area contributed by atoms with Gasteiger partial charge in [0.1, 0.15) is 18.5 Å². The Balaban J connectivity index is 1.49. The maximum Gasteiger partial charge on any atom is 0.169 e. The van der Waals surface area contributed by atoms with Gasteiger partial charge in [-0.3, -0.25) is 0 Å². The summed E-state index contributed by atoms with van der Waals surface area (Å²) in [4.78, 5) is 0. The predicted molar refractivity (Wildman–Crippen MR) is 131 cm³/mol. The lowest BCUT2D eigenvalue weighted by molar-refractivity contribution is -0.671. The van der Waals surface area contributed by atoms with Crippen LogP contribution in [0.2, 0.25) is 0 Å². The second-order valence-corrected chi connectivity index (χ2v) is 7.30. The highest BCUT2D eigenvalue weighted by molar-refractivity contribution is 6.12. The van der Waals surface area contributed by atoms with Gasteiger partial charge >= 0.3 is 0 Å². The van der Waals surface area contributed by atoms with Gasteiger partial charge in [-0.1, -0.05) is 42.5 Å². The molecule has 0 aliphatic heterocycles. The van der Waals surface area contributed by atoms with Crippen LogP contribution in [0.1, 0.15) is 16.7 Å². The Bertz CT molecular complexity index is 1260. The van der Waals surface area contributed by atoms with Crippen LogP contribution in [-0.4, -0.2) is 19.0 Å². The molecule has 0 unspecified atom stereocenters. The Morgan fingerprint density at radius 2 is 1.30 bits per heavy atom. The predicted octanol–water partition coefficient (Wildman–Crippen LogP) is 5.81. The van der Waals surface area contributed by atoms with Gasteiger partial charge in [0.15, 0.2) is 12.4 Å². The Morgan fingerprint density at radius 1 is 0.727 bits per heavy atom. The van der Waals surface area contributed by atoms with Crippen molar-refractivity contribution in [2.45, 2.75) is 0 Å². The maximum absolute atomic E-state index is 5.15. The molecule has 6 nitrogen and oxygen atoms in total. The van der Waals surface area contributed by atoms with E-state index in [-0.39, 0.29) is 0 Å². The number of hydrogen-bond acceptors (Lipinski definition) is 5. The van der Waals surface area contributed by atoms with Crippen molar-refractivity contribution in [1.82, 2.24) is 0 Å². The van der Waals surface area contributed by atoms with Gasteiger partial charge in [0, 0.05) is 23.3 Å². The smallest absolute Gasteiger partial charge is 0.169 e. The highest BCUT2D eigenvalue weighted by atomic mass is 16.5. The highest BCUT2D eigenvalue weighted by Crippen LogP contribution is 2.21. The first kappa shape index (κ1) is 21.8. The van der Waals surface area contributed by atoms with Gasteiger partial charge in [0.2, 0.25) is 0 Å². The summed E-state index contributed by atoms with van der Waals surface area (Å²) in [5, 5.41) is 17.4. The van der Waals surface area contributed by atoms with Crippen LogP contribution in [0.25, 0.3) is 0 Å². The first-order valence-corrected chi connectivity index (χ1v) is 10.5. The van der Waals surface area contributed by atoms with Crippen molar-refractivity contribution in [3.05, 3.63) is 120 Å². The van der Waals surface area contributed by atoms with Crippen molar-refractivity contribution < 1.29 is 9.30 Å². The molecule has 0 amide bonds. The zero-order chi connectivity index (χ0) is 22.9. The molecule has 0 N–H and O–H groups in total. The molecular weight excluding hydrogens is 410 g/mol. The van der Waals surface area contributed by atoms with E-state index in [1.165, 1.54) is 0 Å². The molecule has 4 rings (SSSR count). The van der Waals surface area contributed by atoms with Crippen LogP contribution >= 0.6 is 0 Å². The summed E-state index contributed by atoms with van der Waals surface area (Å²) < 4.78 is 7.14. The number of methoxy groups -OCH3 is 1. The molecule has 4 aromatic rings. The number of ether oxygens (including phenoxy) is 1. The van der Waals surface area contributed by atoms with Gasteiger partial charge in [-0.15, -0.1) is 5.10 Å². The molecule has 0 aliphatic rings. The Morgan fingerprint density at radius 3 is 1.91 bits per heavy atom. The molecule has 0 fully saturated rings. The number of hydrogen-bond donors (Lipinski definition) is 0. The second kappa shape index (κ2) is 10.7. The lowest BCUT2D eigenvalue weighted by Gasteiger charge is -2.04. The lowest BCUT2D eigenvalue weighted by atomic mass is 10.0. The average Bonchev–Trinajstić information content (AvgIpc) is 2.88. The summed E-state index contributed by atoms with van der Waals surface area (Å²) in [7, 11) is 3.62. The number of nitrogens with zero attached hydrogens (tertiary/aromatic N) is 5. The molecule has 0 saturated heterocycles. The number of benzene rings is 3. The van der Waals surface area contributed by atoms with Crippen molar-refractivity contribution >= 4 is 23.3 Å². The molecule has 0 spiro atoms. The summed E-state index contributed by atoms with van der Waals surface area (Å²) in [6.07, 6.45) is 5.73. The lowest BCUT2D eigenvalue weighted by Crippen LogP contribution is -2.26. The van der Waals surface area contributed by atoms with Crippen LogP contribution in [0.4, 0.5) is 11.4 Å². The van der Waals surface area contributed by atoms with E-state index in [0.717, 1.165) is 39.5 Å². The van der Waals surface area contributed by atoms with E-state index in [1.807, 2.05) is 115 Å². The standard InChI is InChI=1S/C27H24N5O/c1-32-18-16-23(17-19-32)27(22-6-4-3-5-7-22)31-28-20-21-8-10-24(11-9-21)29-30-25-12-14-26(33-2)15-13-25/h3-20H,1-2H3/q+1. The van der Waals surface area contributed by atoms with Gasteiger partial charge in [-0.25, -0.2) is 4.57 Å². The molecule has 0 radical (unpaired) electrons.